The Morgan fingerprint density at radius 3 is 2.03 bits per heavy atom. The summed E-state index contributed by atoms with van der Waals surface area (Å²) in [5.41, 5.74) is 0.772. The van der Waals surface area contributed by atoms with Crippen LogP contribution in [0.15, 0.2) is 45.8 Å². The molecule has 0 aliphatic carbocycles. The Morgan fingerprint density at radius 2 is 1.53 bits per heavy atom. The number of hydrogen-bond donors (Lipinski definition) is 1. The fraction of sp³-hybridized carbons (Fsp3) is 0.250. The van der Waals surface area contributed by atoms with Gasteiger partial charge in [-0.2, -0.15) is 0 Å². The van der Waals surface area contributed by atoms with Gasteiger partial charge in [0.1, 0.15) is 10.6 Å². The van der Waals surface area contributed by atoms with E-state index in [-0.39, 0.29) is 16.3 Å². The number of nitrogens with zero attached hydrogens (tertiary/aromatic N) is 1. The lowest BCUT2D eigenvalue weighted by Gasteiger charge is -2.16. The SMILES string of the molecule is COc1ccc(-c2cnc(C)o2)cc1S(=O)(=O)Nc1cc(OC)c(OC)c(OC)c1. The van der Waals surface area contributed by atoms with E-state index in [4.69, 9.17) is 23.4 Å². The highest BCUT2D eigenvalue weighted by Crippen LogP contribution is 2.41. The Hall–Kier alpha value is -3.40. The van der Waals surface area contributed by atoms with Gasteiger partial charge in [0.25, 0.3) is 10.0 Å². The smallest absolute Gasteiger partial charge is 0.265 e. The highest BCUT2D eigenvalue weighted by Gasteiger charge is 2.23. The Kier molecular flexibility index (Phi) is 6.06. The predicted molar refractivity (Wildman–Crippen MR) is 110 cm³/mol. The van der Waals surface area contributed by atoms with Crippen molar-refractivity contribution in [3.63, 3.8) is 0 Å². The van der Waals surface area contributed by atoms with Gasteiger partial charge in [0, 0.05) is 24.6 Å². The van der Waals surface area contributed by atoms with Crippen LogP contribution >= 0.6 is 0 Å². The zero-order valence-electron chi connectivity index (χ0n) is 17.2. The highest BCUT2D eigenvalue weighted by molar-refractivity contribution is 7.92. The Morgan fingerprint density at radius 1 is 0.900 bits per heavy atom. The van der Waals surface area contributed by atoms with Gasteiger partial charge in [-0.15, -0.1) is 0 Å². The number of sulfonamides is 1. The van der Waals surface area contributed by atoms with Gasteiger partial charge in [0.05, 0.1) is 40.3 Å². The van der Waals surface area contributed by atoms with Gasteiger partial charge in [-0.1, -0.05) is 0 Å². The molecule has 0 aliphatic heterocycles. The lowest BCUT2D eigenvalue weighted by molar-refractivity contribution is 0.324. The molecular formula is C20H22N2O7S. The van der Waals surface area contributed by atoms with Crippen LogP contribution in [0, 0.1) is 6.92 Å². The summed E-state index contributed by atoms with van der Waals surface area (Å²) in [6.07, 6.45) is 1.53. The topological polar surface area (TPSA) is 109 Å². The second kappa shape index (κ2) is 8.54. The lowest BCUT2D eigenvalue weighted by atomic mass is 10.2. The molecule has 3 rings (SSSR count). The van der Waals surface area contributed by atoms with E-state index < -0.39 is 10.0 Å². The van der Waals surface area contributed by atoms with E-state index in [0.717, 1.165) is 0 Å². The molecule has 0 spiro atoms. The maximum absolute atomic E-state index is 13.2. The van der Waals surface area contributed by atoms with Gasteiger partial charge in [0.2, 0.25) is 5.75 Å². The zero-order valence-corrected chi connectivity index (χ0v) is 18.0. The quantitative estimate of drug-likeness (QED) is 0.574. The standard InChI is InChI=1S/C20H22N2O7S/c1-12-21-11-18(29-12)13-6-7-15(25-2)19(8-13)30(23,24)22-14-9-16(26-3)20(28-5)17(10-14)27-4/h6-11,22H,1-5H3. The summed E-state index contributed by atoms with van der Waals surface area (Å²) in [5, 5.41) is 0. The molecule has 0 aliphatic rings. The fourth-order valence-corrected chi connectivity index (χ4v) is 4.12. The largest absolute Gasteiger partial charge is 0.495 e. The van der Waals surface area contributed by atoms with Gasteiger partial charge in [0.15, 0.2) is 23.1 Å². The molecule has 0 radical (unpaired) electrons. The average Bonchev–Trinajstić information content (AvgIpc) is 3.18. The first-order chi connectivity index (χ1) is 14.3. The van der Waals surface area contributed by atoms with Crippen molar-refractivity contribution in [3.8, 4) is 34.3 Å². The number of aromatic nitrogens is 1. The van der Waals surface area contributed by atoms with E-state index in [1.165, 1.54) is 52.8 Å². The van der Waals surface area contributed by atoms with Crippen molar-refractivity contribution < 1.29 is 31.8 Å². The second-order valence-electron chi connectivity index (χ2n) is 6.13. The molecule has 9 nitrogen and oxygen atoms in total. The molecular weight excluding hydrogens is 412 g/mol. The molecule has 10 heteroatoms. The van der Waals surface area contributed by atoms with Crippen LogP contribution in [0.5, 0.6) is 23.0 Å². The monoisotopic (exact) mass is 434 g/mol. The number of anilines is 1. The summed E-state index contributed by atoms with van der Waals surface area (Å²) in [4.78, 5) is 3.98. The maximum Gasteiger partial charge on any atom is 0.265 e. The molecule has 3 aromatic rings. The van der Waals surface area contributed by atoms with Crippen LogP contribution in [-0.2, 0) is 10.0 Å². The molecule has 0 atom stereocenters. The Balaban J connectivity index is 2.05. The molecule has 0 fully saturated rings. The number of hydrogen-bond acceptors (Lipinski definition) is 8. The number of nitrogens with one attached hydrogen (secondary N) is 1. The van der Waals surface area contributed by atoms with E-state index in [2.05, 4.69) is 9.71 Å². The van der Waals surface area contributed by atoms with Gasteiger partial charge >= 0.3 is 0 Å². The third-order valence-electron chi connectivity index (χ3n) is 4.28. The van der Waals surface area contributed by atoms with Crippen LogP contribution in [0.2, 0.25) is 0 Å². The molecule has 0 saturated carbocycles. The maximum atomic E-state index is 13.2. The molecule has 0 saturated heterocycles. The Labute approximate surface area is 174 Å². The molecule has 0 bridgehead atoms. The number of rotatable bonds is 8. The summed E-state index contributed by atoms with van der Waals surface area (Å²) < 4.78 is 55.5. The lowest BCUT2D eigenvalue weighted by Crippen LogP contribution is -2.14. The predicted octanol–water partition coefficient (Wildman–Crippen LogP) is 3.49. The molecule has 1 heterocycles. The van der Waals surface area contributed by atoms with Crippen LogP contribution in [-0.4, -0.2) is 41.8 Å². The number of benzene rings is 2. The second-order valence-corrected chi connectivity index (χ2v) is 7.78. The summed E-state index contributed by atoms with van der Waals surface area (Å²) in [7, 11) is 1.71. The molecule has 160 valence electrons. The molecule has 1 aromatic heterocycles. The average molecular weight is 434 g/mol. The van der Waals surface area contributed by atoms with E-state index in [9.17, 15) is 8.42 Å². The number of methoxy groups -OCH3 is 4. The third kappa shape index (κ3) is 4.13. The summed E-state index contributed by atoms with van der Waals surface area (Å²) in [6.45, 7) is 1.71. The first-order valence-electron chi connectivity index (χ1n) is 8.76. The van der Waals surface area contributed by atoms with Crippen molar-refractivity contribution in [2.45, 2.75) is 11.8 Å². The normalized spacial score (nSPS) is 11.1. The van der Waals surface area contributed by atoms with Gasteiger partial charge in [-0.25, -0.2) is 13.4 Å². The van der Waals surface area contributed by atoms with Crippen LogP contribution in [0.1, 0.15) is 5.89 Å². The molecule has 30 heavy (non-hydrogen) atoms. The first kappa shape index (κ1) is 21.3. The summed E-state index contributed by atoms with van der Waals surface area (Å²) in [6, 6.07) is 7.69. The van der Waals surface area contributed by atoms with Crippen molar-refractivity contribution in [1.82, 2.24) is 4.98 Å². The van der Waals surface area contributed by atoms with E-state index >= 15 is 0 Å². The molecule has 0 amide bonds. The van der Waals surface area contributed by atoms with Crippen LogP contribution in [0.3, 0.4) is 0 Å². The third-order valence-corrected chi connectivity index (χ3v) is 5.68. The number of ether oxygens (including phenoxy) is 4. The van der Waals surface area contributed by atoms with Crippen molar-refractivity contribution in [1.29, 1.82) is 0 Å². The highest BCUT2D eigenvalue weighted by atomic mass is 32.2. The van der Waals surface area contributed by atoms with Gasteiger partial charge < -0.3 is 23.4 Å². The van der Waals surface area contributed by atoms with Gasteiger partial charge in [-0.05, 0) is 18.2 Å². The summed E-state index contributed by atoms with van der Waals surface area (Å²) >= 11 is 0. The zero-order chi connectivity index (χ0) is 21.9. The minimum atomic E-state index is -4.04. The Bertz CT molecular complexity index is 1130. The van der Waals surface area contributed by atoms with Crippen molar-refractivity contribution >= 4 is 15.7 Å². The van der Waals surface area contributed by atoms with Crippen molar-refractivity contribution in [2.24, 2.45) is 0 Å². The molecule has 2 aromatic carbocycles. The van der Waals surface area contributed by atoms with E-state index in [1.54, 1.807) is 19.1 Å². The van der Waals surface area contributed by atoms with Crippen LogP contribution in [0.25, 0.3) is 11.3 Å². The van der Waals surface area contributed by atoms with Crippen molar-refractivity contribution in [3.05, 3.63) is 42.4 Å². The fourth-order valence-electron chi connectivity index (χ4n) is 2.88. The minimum Gasteiger partial charge on any atom is -0.495 e. The van der Waals surface area contributed by atoms with Crippen LogP contribution < -0.4 is 23.7 Å². The molecule has 0 unspecified atom stereocenters. The van der Waals surface area contributed by atoms with E-state index in [1.807, 2.05) is 0 Å². The van der Waals surface area contributed by atoms with Gasteiger partial charge in [-0.3, -0.25) is 4.72 Å². The number of oxazole rings is 1. The summed E-state index contributed by atoms with van der Waals surface area (Å²) in [5.74, 6) is 2.07. The van der Waals surface area contributed by atoms with E-state index in [0.29, 0.717) is 34.5 Å². The first-order valence-corrected chi connectivity index (χ1v) is 10.2. The van der Waals surface area contributed by atoms with Crippen LogP contribution in [0.4, 0.5) is 5.69 Å². The molecule has 1 N–H and O–H groups in total. The number of aryl methyl sites for hydroxylation is 1. The van der Waals surface area contributed by atoms with Crippen molar-refractivity contribution in [2.75, 3.05) is 33.2 Å². The minimum absolute atomic E-state index is 0.0645.